The predicted octanol–water partition coefficient (Wildman–Crippen LogP) is 5.17. The molecule has 144 valence electrons. The second-order valence-electron chi connectivity index (χ2n) is 6.29. The maximum absolute atomic E-state index is 13.5. The first-order chi connectivity index (χ1) is 14.2. The second kappa shape index (κ2) is 8.43. The van der Waals surface area contributed by atoms with Gasteiger partial charge in [-0.05, 0) is 29.8 Å². The maximum Gasteiger partial charge on any atom is 0.225 e. The third-order valence-corrected chi connectivity index (χ3v) is 4.19. The average Bonchev–Trinajstić information content (AvgIpc) is 2.76. The van der Waals surface area contributed by atoms with E-state index in [0.29, 0.717) is 29.7 Å². The van der Waals surface area contributed by atoms with Crippen LogP contribution in [0.5, 0.6) is 0 Å². The number of anilines is 3. The van der Waals surface area contributed by atoms with Gasteiger partial charge in [0.1, 0.15) is 5.82 Å². The van der Waals surface area contributed by atoms with Gasteiger partial charge >= 0.3 is 0 Å². The third kappa shape index (κ3) is 4.70. The molecule has 0 atom stereocenters. The highest BCUT2D eigenvalue weighted by Crippen LogP contribution is 2.24. The molecule has 2 aromatic heterocycles. The molecule has 0 saturated heterocycles. The van der Waals surface area contributed by atoms with Gasteiger partial charge in [-0.1, -0.05) is 30.3 Å². The molecule has 0 unspecified atom stereocenters. The summed E-state index contributed by atoms with van der Waals surface area (Å²) in [6.07, 6.45) is 3.43. The molecule has 7 heteroatoms. The zero-order chi connectivity index (χ0) is 20.1. The van der Waals surface area contributed by atoms with Crippen LogP contribution in [0.3, 0.4) is 0 Å². The largest absolute Gasteiger partial charge is 0.350 e. The number of aromatic nitrogens is 3. The maximum atomic E-state index is 13.5. The molecule has 29 heavy (non-hydrogen) atoms. The van der Waals surface area contributed by atoms with E-state index >= 15 is 0 Å². The van der Waals surface area contributed by atoms with Crippen molar-refractivity contribution in [1.82, 2.24) is 15.0 Å². The van der Waals surface area contributed by atoms with Crippen LogP contribution in [0.15, 0.2) is 79.1 Å². The summed E-state index contributed by atoms with van der Waals surface area (Å²) >= 11 is 0. The molecule has 4 aromatic rings. The van der Waals surface area contributed by atoms with E-state index in [0.717, 1.165) is 23.3 Å². The SMILES string of the molecule is Fc1ccc(Nc2cc(-c3ccccc3)nc(NCc3ccncc3)n2)cc1F. The van der Waals surface area contributed by atoms with Crippen molar-refractivity contribution in [2.24, 2.45) is 0 Å². The Bertz CT molecular complexity index is 1100. The van der Waals surface area contributed by atoms with Gasteiger partial charge in [0.2, 0.25) is 5.95 Å². The fourth-order valence-electron chi connectivity index (χ4n) is 2.75. The summed E-state index contributed by atoms with van der Waals surface area (Å²) in [4.78, 5) is 13.0. The molecule has 0 saturated carbocycles. The van der Waals surface area contributed by atoms with E-state index < -0.39 is 11.6 Å². The highest BCUT2D eigenvalue weighted by molar-refractivity contribution is 5.67. The van der Waals surface area contributed by atoms with Crippen LogP contribution >= 0.6 is 0 Å². The summed E-state index contributed by atoms with van der Waals surface area (Å²) in [5.41, 5.74) is 3.03. The Labute approximate surface area is 166 Å². The Morgan fingerprint density at radius 3 is 2.34 bits per heavy atom. The molecule has 0 bridgehead atoms. The van der Waals surface area contributed by atoms with E-state index in [4.69, 9.17) is 0 Å². The Balaban J connectivity index is 1.64. The Kier molecular flexibility index (Phi) is 5.38. The molecule has 0 aliphatic heterocycles. The molecule has 0 radical (unpaired) electrons. The van der Waals surface area contributed by atoms with E-state index in [1.165, 1.54) is 6.07 Å². The van der Waals surface area contributed by atoms with E-state index in [-0.39, 0.29) is 0 Å². The lowest BCUT2D eigenvalue weighted by molar-refractivity contribution is 0.509. The van der Waals surface area contributed by atoms with Crippen LogP contribution < -0.4 is 10.6 Å². The van der Waals surface area contributed by atoms with Gasteiger partial charge in [0.05, 0.1) is 5.69 Å². The quantitative estimate of drug-likeness (QED) is 0.476. The second-order valence-corrected chi connectivity index (χ2v) is 6.29. The Morgan fingerprint density at radius 2 is 1.59 bits per heavy atom. The molecule has 0 spiro atoms. The van der Waals surface area contributed by atoms with Crippen molar-refractivity contribution in [2.75, 3.05) is 10.6 Å². The molecule has 4 rings (SSSR count). The molecule has 5 nitrogen and oxygen atoms in total. The number of benzene rings is 2. The van der Waals surface area contributed by atoms with Crippen LogP contribution in [-0.4, -0.2) is 15.0 Å². The predicted molar refractivity (Wildman–Crippen MR) is 109 cm³/mol. The molecule has 0 fully saturated rings. The first kappa shape index (κ1) is 18.5. The van der Waals surface area contributed by atoms with Crippen LogP contribution in [0, 0.1) is 11.6 Å². The van der Waals surface area contributed by atoms with Crippen LogP contribution in [0.25, 0.3) is 11.3 Å². The Morgan fingerprint density at radius 1 is 0.793 bits per heavy atom. The van der Waals surface area contributed by atoms with Crippen molar-refractivity contribution >= 4 is 17.5 Å². The van der Waals surface area contributed by atoms with E-state index in [9.17, 15) is 8.78 Å². The van der Waals surface area contributed by atoms with Gasteiger partial charge in [-0.25, -0.2) is 13.8 Å². The van der Waals surface area contributed by atoms with Crippen molar-refractivity contribution in [2.45, 2.75) is 6.54 Å². The molecule has 0 aliphatic carbocycles. The van der Waals surface area contributed by atoms with Gasteiger partial charge < -0.3 is 10.6 Å². The smallest absolute Gasteiger partial charge is 0.225 e. The van der Waals surface area contributed by atoms with Crippen molar-refractivity contribution in [3.63, 3.8) is 0 Å². The van der Waals surface area contributed by atoms with Crippen LogP contribution in [0.2, 0.25) is 0 Å². The lowest BCUT2D eigenvalue weighted by Gasteiger charge is -2.12. The van der Waals surface area contributed by atoms with Gasteiger partial charge in [0.15, 0.2) is 11.6 Å². The molecule has 0 amide bonds. The summed E-state index contributed by atoms with van der Waals surface area (Å²) in [5, 5.41) is 6.21. The summed E-state index contributed by atoms with van der Waals surface area (Å²) < 4.78 is 26.8. The minimum atomic E-state index is -0.927. The molecule has 2 heterocycles. The molecular weight excluding hydrogens is 372 g/mol. The standard InChI is InChI=1S/C22H17F2N5/c23-18-7-6-17(12-19(18)24)27-21-13-20(16-4-2-1-3-5-16)28-22(29-21)26-14-15-8-10-25-11-9-15/h1-13H,14H2,(H2,26,27,28,29). The minimum absolute atomic E-state index is 0.390. The van der Waals surface area contributed by atoms with E-state index in [1.807, 2.05) is 42.5 Å². The molecule has 0 aliphatic rings. The van der Waals surface area contributed by atoms with Crippen LogP contribution in [0.1, 0.15) is 5.56 Å². The van der Waals surface area contributed by atoms with Gasteiger partial charge in [-0.2, -0.15) is 4.98 Å². The average molecular weight is 389 g/mol. The monoisotopic (exact) mass is 389 g/mol. The van der Waals surface area contributed by atoms with E-state index in [1.54, 1.807) is 18.5 Å². The lowest BCUT2D eigenvalue weighted by Crippen LogP contribution is -2.06. The summed E-state index contributed by atoms with van der Waals surface area (Å²) in [7, 11) is 0. The topological polar surface area (TPSA) is 62.7 Å². The molecule has 2 aromatic carbocycles. The number of halogens is 2. The molecular formula is C22H17F2N5. The van der Waals surface area contributed by atoms with Gasteiger partial charge in [0.25, 0.3) is 0 Å². The number of nitrogens with zero attached hydrogens (tertiary/aromatic N) is 3. The fourth-order valence-corrected chi connectivity index (χ4v) is 2.75. The third-order valence-electron chi connectivity index (χ3n) is 4.19. The number of rotatable bonds is 6. The summed E-state index contributed by atoms with van der Waals surface area (Å²) in [6.45, 7) is 0.519. The number of hydrogen-bond donors (Lipinski definition) is 2. The zero-order valence-electron chi connectivity index (χ0n) is 15.3. The normalized spacial score (nSPS) is 10.6. The summed E-state index contributed by atoms with van der Waals surface area (Å²) in [6, 6.07) is 18.8. The van der Waals surface area contributed by atoms with Gasteiger partial charge in [-0.15, -0.1) is 0 Å². The highest BCUT2D eigenvalue weighted by Gasteiger charge is 2.09. The van der Waals surface area contributed by atoms with Gasteiger partial charge in [-0.3, -0.25) is 4.98 Å². The first-order valence-corrected chi connectivity index (χ1v) is 8.97. The minimum Gasteiger partial charge on any atom is -0.350 e. The zero-order valence-corrected chi connectivity index (χ0v) is 15.3. The van der Waals surface area contributed by atoms with Crippen LogP contribution in [0.4, 0.5) is 26.2 Å². The lowest BCUT2D eigenvalue weighted by atomic mass is 10.1. The van der Waals surface area contributed by atoms with Crippen LogP contribution in [-0.2, 0) is 6.54 Å². The van der Waals surface area contributed by atoms with Crippen molar-refractivity contribution in [3.05, 3.63) is 96.3 Å². The van der Waals surface area contributed by atoms with Crippen molar-refractivity contribution in [1.29, 1.82) is 0 Å². The summed E-state index contributed by atoms with van der Waals surface area (Å²) in [5.74, 6) is -0.957. The fraction of sp³-hybridized carbons (Fsp3) is 0.0455. The highest BCUT2D eigenvalue weighted by atomic mass is 19.2. The van der Waals surface area contributed by atoms with Crippen molar-refractivity contribution < 1.29 is 8.78 Å². The number of hydrogen-bond acceptors (Lipinski definition) is 5. The Hall–Kier alpha value is -3.87. The molecule has 2 N–H and O–H groups in total. The first-order valence-electron chi connectivity index (χ1n) is 8.97. The van der Waals surface area contributed by atoms with Crippen molar-refractivity contribution in [3.8, 4) is 11.3 Å². The van der Waals surface area contributed by atoms with Gasteiger partial charge in [0, 0.05) is 42.3 Å². The van der Waals surface area contributed by atoms with E-state index in [2.05, 4.69) is 25.6 Å². The number of nitrogens with one attached hydrogen (secondary N) is 2. The number of pyridine rings is 1.